The average molecular weight is 391 g/mol. The molecule has 0 fully saturated rings. The summed E-state index contributed by atoms with van der Waals surface area (Å²) >= 11 is 1.27. The van der Waals surface area contributed by atoms with Gasteiger partial charge < -0.3 is 0 Å². The van der Waals surface area contributed by atoms with Crippen molar-refractivity contribution < 1.29 is 17.6 Å². The normalized spacial score (nSPS) is 11.2. The summed E-state index contributed by atoms with van der Waals surface area (Å²) in [5, 5.41) is 4.85. The fourth-order valence-corrected chi connectivity index (χ4v) is 3.93. The number of thiazole rings is 1. The predicted molar refractivity (Wildman–Crippen MR) is 98.5 cm³/mol. The molecule has 3 aromatic rings. The lowest BCUT2D eigenvalue weighted by Gasteiger charge is -2.12. The Balaban J connectivity index is 1.87. The second-order valence-electron chi connectivity index (χ2n) is 5.35. The number of hydrogen-bond acceptors (Lipinski definition) is 5. The summed E-state index contributed by atoms with van der Waals surface area (Å²) in [6.07, 6.45) is 0. The molecule has 1 heterocycles. The van der Waals surface area contributed by atoms with Crippen molar-refractivity contribution in [1.82, 2.24) is 4.98 Å². The number of aryl methyl sites for hydroxylation is 1. The molecule has 0 aliphatic rings. The molecule has 0 aliphatic carbocycles. The Morgan fingerprint density at radius 1 is 1.12 bits per heavy atom. The van der Waals surface area contributed by atoms with E-state index in [0.717, 1.165) is 30.0 Å². The van der Waals surface area contributed by atoms with Crippen LogP contribution in [0.5, 0.6) is 0 Å². The number of carbonyl (C=O) groups is 1. The van der Waals surface area contributed by atoms with Gasteiger partial charge in [0.05, 0.1) is 21.8 Å². The van der Waals surface area contributed by atoms with Crippen LogP contribution in [0.1, 0.15) is 16.1 Å². The summed E-state index contributed by atoms with van der Waals surface area (Å²) < 4.78 is 40.3. The van der Waals surface area contributed by atoms with E-state index in [0.29, 0.717) is 5.13 Å². The zero-order valence-electron chi connectivity index (χ0n) is 13.6. The highest BCUT2D eigenvalue weighted by Gasteiger charge is 2.19. The summed E-state index contributed by atoms with van der Waals surface area (Å²) in [5.74, 6) is -1.03. The van der Waals surface area contributed by atoms with Gasteiger partial charge in [-0.15, -0.1) is 11.3 Å². The number of benzene rings is 2. The molecule has 0 saturated carbocycles. The van der Waals surface area contributed by atoms with Gasteiger partial charge in [-0.05, 0) is 43.3 Å². The van der Waals surface area contributed by atoms with Crippen LogP contribution in [0.2, 0.25) is 0 Å². The molecule has 1 amide bonds. The van der Waals surface area contributed by atoms with Crippen molar-refractivity contribution in [2.45, 2.75) is 11.8 Å². The van der Waals surface area contributed by atoms with Crippen LogP contribution in [0.15, 0.2) is 58.8 Å². The Hall–Kier alpha value is -2.78. The molecule has 3 rings (SSSR count). The van der Waals surface area contributed by atoms with E-state index in [1.807, 2.05) is 0 Å². The first kappa shape index (κ1) is 18.0. The second-order valence-corrected chi connectivity index (χ2v) is 7.89. The van der Waals surface area contributed by atoms with Crippen molar-refractivity contribution in [1.29, 1.82) is 0 Å². The van der Waals surface area contributed by atoms with Crippen molar-refractivity contribution in [2.75, 3.05) is 10.0 Å². The van der Waals surface area contributed by atoms with Gasteiger partial charge in [0.1, 0.15) is 5.82 Å². The number of carbonyl (C=O) groups excluding carboxylic acids is 1. The minimum absolute atomic E-state index is 0.107. The van der Waals surface area contributed by atoms with Gasteiger partial charge in [0.25, 0.3) is 15.9 Å². The van der Waals surface area contributed by atoms with Crippen LogP contribution in [-0.2, 0) is 10.0 Å². The summed E-state index contributed by atoms with van der Waals surface area (Å²) in [6, 6.07) is 10.6. The van der Waals surface area contributed by atoms with Crippen molar-refractivity contribution >= 4 is 38.1 Å². The Labute approximate surface area is 153 Å². The first-order chi connectivity index (χ1) is 12.3. The lowest BCUT2D eigenvalue weighted by Crippen LogP contribution is -2.18. The summed E-state index contributed by atoms with van der Waals surface area (Å²) in [5.41, 5.74) is 1.03. The Morgan fingerprint density at radius 3 is 2.46 bits per heavy atom. The van der Waals surface area contributed by atoms with E-state index in [1.165, 1.54) is 23.5 Å². The van der Waals surface area contributed by atoms with E-state index in [1.54, 1.807) is 24.4 Å². The predicted octanol–water partition coefficient (Wildman–Crippen LogP) is 3.64. The second kappa shape index (κ2) is 7.22. The third-order valence-corrected chi connectivity index (χ3v) is 5.64. The van der Waals surface area contributed by atoms with Gasteiger partial charge in [0.2, 0.25) is 0 Å². The van der Waals surface area contributed by atoms with E-state index in [9.17, 15) is 17.6 Å². The molecule has 134 valence electrons. The lowest BCUT2D eigenvalue weighted by molar-refractivity contribution is 0.102. The molecule has 0 radical (unpaired) electrons. The lowest BCUT2D eigenvalue weighted by atomic mass is 10.2. The van der Waals surface area contributed by atoms with Crippen LogP contribution in [0, 0.1) is 12.7 Å². The number of halogens is 1. The van der Waals surface area contributed by atoms with Crippen molar-refractivity contribution in [3.05, 3.63) is 71.0 Å². The van der Waals surface area contributed by atoms with Gasteiger partial charge >= 0.3 is 0 Å². The van der Waals surface area contributed by atoms with Crippen LogP contribution in [-0.4, -0.2) is 19.3 Å². The zero-order valence-corrected chi connectivity index (χ0v) is 15.2. The van der Waals surface area contributed by atoms with Gasteiger partial charge in [0, 0.05) is 5.38 Å². The molecule has 6 nitrogen and oxygen atoms in total. The number of para-hydroxylation sites is 1. The minimum atomic E-state index is -3.96. The van der Waals surface area contributed by atoms with Crippen LogP contribution < -0.4 is 10.0 Å². The minimum Gasteiger partial charge on any atom is -0.298 e. The molecule has 0 atom stereocenters. The third-order valence-electron chi connectivity index (χ3n) is 3.38. The summed E-state index contributed by atoms with van der Waals surface area (Å²) in [6.45, 7) is 1.80. The van der Waals surface area contributed by atoms with E-state index in [4.69, 9.17) is 0 Å². The Morgan fingerprint density at radius 2 is 1.81 bits per heavy atom. The van der Waals surface area contributed by atoms with Gasteiger partial charge in [0.15, 0.2) is 5.13 Å². The van der Waals surface area contributed by atoms with E-state index >= 15 is 0 Å². The monoisotopic (exact) mass is 391 g/mol. The number of anilines is 2. The number of hydrogen-bond donors (Lipinski definition) is 2. The van der Waals surface area contributed by atoms with Gasteiger partial charge in [-0.25, -0.2) is 17.8 Å². The smallest absolute Gasteiger partial charge is 0.261 e. The van der Waals surface area contributed by atoms with E-state index in [2.05, 4.69) is 15.0 Å². The molecule has 2 aromatic carbocycles. The zero-order chi connectivity index (χ0) is 18.7. The van der Waals surface area contributed by atoms with Crippen LogP contribution in [0.4, 0.5) is 15.2 Å². The van der Waals surface area contributed by atoms with Crippen LogP contribution in [0.25, 0.3) is 0 Å². The molecule has 0 unspecified atom stereocenters. The highest BCUT2D eigenvalue weighted by atomic mass is 32.2. The molecule has 2 N–H and O–H groups in total. The topological polar surface area (TPSA) is 88.2 Å². The molecule has 26 heavy (non-hydrogen) atoms. The van der Waals surface area contributed by atoms with Gasteiger partial charge in [-0.3, -0.25) is 14.8 Å². The fourth-order valence-electron chi connectivity index (χ4n) is 2.16. The number of nitrogens with zero attached hydrogens (tertiary/aromatic N) is 1. The Bertz CT molecular complexity index is 1050. The third kappa shape index (κ3) is 4.06. The van der Waals surface area contributed by atoms with Gasteiger partial charge in [-0.2, -0.15) is 0 Å². The van der Waals surface area contributed by atoms with Crippen molar-refractivity contribution in [2.24, 2.45) is 0 Å². The summed E-state index contributed by atoms with van der Waals surface area (Å²) in [7, 11) is -3.96. The maximum Gasteiger partial charge on any atom is 0.261 e. The highest BCUT2D eigenvalue weighted by molar-refractivity contribution is 7.92. The fraction of sp³-hybridized carbons (Fsp3) is 0.0588. The van der Waals surface area contributed by atoms with Crippen LogP contribution in [0.3, 0.4) is 0 Å². The number of rotatable bonds is 5. The average Bonchev–Trinajstić information content (AvgIpc) is 3.00. The van der Waals surface area contributed by atoms with Crippen LogP contribution >= 0.6 is 11.3 Å². The summed E-state index contributed by atoms with van der Waals surface area (Å²) in [4.78, 5) is 16.5. The molecule has 1 aromatic heterocycles. The SMILES string of the molecule is Cc1csc(NC(=O)c2ccccc2NS(=O)(=O)c2ccc(F)cc2)n1. The van der Waals surface area contributed by atoms with E-state index in [-0.39, 0.29) is 16.1 Å². The quantitative estimate of drug-likeness (QED) is 0.695. The first-order valence-electron chi connectivity index (χ1n) is 7.46. The van der Waals surface area contributed by atoms with Crippen molar-refractivity contribution in [3.8, 4) is 0 Å². The maximum atomic E-state index is 13.0. The largest absolute Gasteiger partial charge is 0.298 e. The Kier molecular flexibility index (Phi) is 5.01. The number of aromatic nitrogens is 1. The molecule has 0 saturated heterocycles. The van der Waals surface area contributed by atoms with Crippen molar-refractivity contribution in [3.63, 3.8) is 0 Å². The molecule has 0 spiro atoms. The molecule has 0 aliphatic heterocycles. The number of amides is 1. The van der Waals surface area contributed by atoms with Gasteiger partial charge in [-0.1, -0.05) is 12.1 Å². The maximum absolute atomic E-state index is 13.0. The number of nitrogens with one attached hydrogen (secondary N) is 2. The first-order valence-corrected chi connectivity index (χ1v) is 9.82. The molecule has 0 bridgehead atoms. The highest BCUT2D eigenvalue weighted by Crippen LogP contribution is 2.22. The molecular formula is C17H14FN3O3S2. The standard InChI is InChI=1S/C17H14FN3O3S2/c1-11-10-25-17(19-11)20-16(22)14-4-2-3-5-15(14)21-26(23,24)13-8-6-12(18)7-9-13/h2-10,21H,1H3,(H,19,20,22). The molecule has 9 heteroatoms. The number of sulfonamides is 1. The van der Waals surface area contributed by atoms with E-state index < -0.39 is 21.7 Å². The molecular weight excluding hydrogens is 377 g/mol.